The molecule has 0 spiro atoms. The van der Waals surface area contributed by atoms with Crippen molar-refractivity contribution >= 4 is 44.6 Å². The average Bonchev–Trinajstić information content (AvgIpc) is 3.00. The van der Waals surface area contributed by atoms with Crippen LogP contribution in [0.2, 0.25) is 5.02 Å². The first-order valence-electron chi connectivity index (χ1n) is 8.41. The largest absolute Gasteiger partial charge is 0.336 e. The molecule has 28 heavy (non-hydrogen) atoms. The number of nitro groups is 1. The van der Waals surface area contributed by atoms with Crippen LogP contribution in [0.15, 0.2) is 29.2 Å². The first-order chi connectivity index (χ1) is 13.1. The van der Waals surface area contributed by atoms with Crippen LogP contribution in [0.4, 0.5) is 5.69 Å². The number of rotatable bonds is 4. The molecule has 1 aromatic heterocycles. The molecule has 2 aromatic rings. The van der Waals surface area contributed by atoms with E-state index in [4.69, 9.17) is 11.6 Å². The lowest BCUT2D eigenvalue weighted by Crippen LogP contribution is -2.50. The Kier molecular flexibility index (Phi) is 5.76. The van der Waals surface area contributed by atoms with E-state index in [1.54, 1.807) is 13.0 Å². The van der Waals surface area contributed by atoms with Gasteiger partial charge in [-0.1, -0.05) is 11.6 Å². The molecule has 1 aliphatic heterocycles. The Morgan fingerprint density at radius 3 is 2.36 bits per heavy atom. The third-order valence-corrected chi connectivity index (χ3v) is 7.88. The van der Waals surface area contributed by atoms with Gasteiger partial charge in [0.05, 0.1) is 9.82 Å². The molecular weight excluding hydrogens is 426 g/mol. The first-order valence-corrected chi connectivity index (χ1v) is 11.0. The number of hydrogen-bond acceptors (Lipinski definition) is 6. The molecule has 8 nitrogen and oxygen atoms in total. The molecule has 3 rings (SSSR count). The fourth-order valence-corrected chi connectivity index (χ4v) is 6.26. The second-order valence-electron chi connectivity index (χ2n) is 6.39. The highest BCUT2D eigenvalue weighted by Gasteiger charge is 2.33. The highest BCUT2D eigenvalue weighted by Crippen LogP contribution is 2.29. The number of thiophene rings is 1. The van der Waals surface area contributed by atoms with Gasteiger partial charge in [0.1, 0.15) is 5.56 Å². The first kappa shape index (κ1) is 20.7. The van der Waals surface area contributed by atoms with Crippen LogP contribution in [0.1, 0.15) is 20.1 Å². The van der Waals surface area contributed by atoms with E-state index in [1.165, 1.54) is 38.7 Å². The SMILES string of the molecule is Cc1cc(S(=O)(=O)N2CCN(C(=O)c3cc(Cl)ccc3[N+](=O)[O-])CC2)c(C)s1. The molecule has 1 amide bonds. The molecule has 0 bridgehead atoms. The monoisotopic (exact) mass is 443 g/mol. The van der Waals surface area contributed by atoms with Gasteiger partial charge in [0.15, 0.2) is 0 Å². The van der Waals surface area contributed by atoms with E-state index in [0.29, 0.717) is 4.90 Å². The van der Waals surface area contributed by atoms with Gasteiger partial charge in [-0.25, -0.2) is 8.42 Å². The number of carbonyl (C=O) groups excluding carboxylic acids is 1. The number of benzene rings is 1. The van der Waals surface area contributed by atoms with Crippen LogP contribution in [0, 0.1) is 24.0 Å². The predicted molar refractivity (Wildman–Crippen MR) is 107 cm³/mol. The van der Waals surface area contributed by atoms with Crippen LogP contribution in [0.25, 0.3) is 0 Å². The number of piperazine rings is 1. The van der Waals surface area contributed by atoms with E-state index in [-0.39, 0.29) is 42.5 Å². The smallest absolute Gasteiger partial charge is 0.282 e. The van der Waals surface area contributed by atoms with Crippen molar-refractivity contribution in [2.24, 2.45) is 0 Å². The zero-order valence-corrected chi connectivity index (χ0v) is 17.6. The second-order valence-corrected chi connectivity index (χ2v) is 10.2. The zero-order chi connectivity index (χ0) is 20.6. The number of nitrogens with zero attached hydrogens (tertiary/aromatic N) is 3. The summed E-state index contributed by atoms with van der Waals surface area (Å²) in [5.74, 6) is -0.534. The van der Waals surface area contributed by atoms with Gasteiger partial charge in [-0.3, -0.25) is 14.9 Å². The van der Waals surface area contributed by atoms with E-state index >= 15 is 0 Å². The zero-order valence-electron chi connectivity index (χ0n) is 15.2. The van der Waals surface area contributed by atoms with Crippen molar-refractivity contribution < 1.29 is 18.1 Å². The molecule has 1 fully saturated rings. The van der Waals surface area contributed by atoms with Crippen LogP contribution in [-0.2, 0) is 10.0 Å². The van der Waals surface area contributed by atoms with E-state index in [2.05, 4.69) is 0 Å². The lowest BCUT2D eigenvalue weighted by atomic mass is 10.1. The number of nitro benzene ring substituents is 1. The van der Waals surface area contributed by atoms with Gasteiger partial charge in [-0.05, 0) is 32.0 Å². The summed E-state index contributed by atoms with van der Waals surface area (Å²) < 4.78 is 27.1. The van der Waals surface area contributed by atoms with E-state index < -0.39 is 20.9 Å². The van der Waals surface area contributed by atoms with Gasteiger partial charge in [0.2, 0.25) is 10.0 Å². The minimum atomic E-state index is -3.64. The van der Waals surface area contributed by atoms with Gasteiger partial charge in [-0.15, -0.1) is 11.3 Å². The summed E-state index contributed by atoms with van der Waals surface area (Å²) in [4.78, 5) is 26.7. The molecule has 0 aliphatic carbocycles. The highest BCUT2D eigenvalue weighted by molar-refractivity contribution is 7.89. The van der Waals surface area contributed by atoms with Crippen molar-refractivity contribution in [1.29, 1.82) is 0 Å². The Hall–Kier alpha value is -2.01. The maximum atomic E-state index is 12.9. The fraction of sp³-hybridized carbons (Fsp3) is 0.353. The molecule has 0 saturated carbocycles. The summed E-state index contributed by atoms with van der Waals surface area (Å²) in [6.45, 7) is 4.15. The lowest BCUT2D eigenvalue weighted by Gasteiger charge is -2.34. The average molecular weight is 444 g/mol. The molecule has 11 heteroatoms. The molecule has 150 valence electrons. The van der Waals surface area contributed by atoms with Gasteiger partial charge in [0.25, 0.3) is 11.6 Å². The summed E-state index contributed by atoms with van der Waals surface area (Å²) in [6.07, 6.45) is 0. The fourth-order valence-electron chi connectivity index (χ4n) is 3.14. The molecule has 0 atom stereocenters. The minimum Gasteiger partial charge on any atom is -0.336 e. The van der Waals surface area contributed by atoms with Gasteiger partial charge in [-0.2, -0.15) is 4.31 Å². The Morgan fingerprint density at radius 2 is 1.82 bits per heavy atom. The summed E-state index contributed by atoms with van der Waals surface area (Å²) >= 11 is 7.31. The lowest BCUT2D eigenvalue weighted by molar-refractivity contribution is -0.385. The summed E-state index contributed by atoms with van der Waals surface area (Å²) in [7, 11) is -3.64. The van der Waals surface area contributed by atoms with Crippen molar-refractivity contribution in [3.05, 3.63) is 54.7 Å². The summed E-state index contributed by atoms with van der Waals surface area (Å²) in [5.41, 5.74) is -0.424. The quantitative estimate of drug-likeness (QED) is 0.533. The highest BCUT2D eigenvalue weighted by atomic mass is 35.5. The molecular formula is C17H18ClN3O5S2. The maximum absolute atomic E-state index is 12.9. The standard InChI is InChI=1S/C17H18ClN3O5S2/c1-11-9-16(12(2)27-11)28(25,26)20-7-5-19(6-8-20)17(22)14-10-13(18)3-4-15(14)21(23)24/h3-4,9-10H,5-8H2,1-2H3. The van der Waals surface area contributed by atoms with Crippen molar-refractivity contribution in [2.45, 2.75) is 18.7 Å². The topological polar surface area (TPSA) is 101 Å². The second kappa shape index (κ2) is 7.78. The summed E-state index contributed by atoms with van der Waals surface area (Å²) in [5, 5.41) is 11.4. The van der Waals surface area contributed by atoms with Gasteiger partial charge < -0.3 is 4.90 Å². The van der Waals surface area contributed by atoms with Crippen molar-refractivity contribution in [3.8, 4) is 0 Å². The van der Waals surface area contributed by atoms with Crippen LogP contribution >= 0.6 is 22.9 Å². The van der Waals surface area contributed by atoms with Crippen molar-refractivity contribution in [2.75, 3.05) is 26.2 Å². The maximum Gasteiger partial charge on any atom is 0.282 e. The third kappa shape index (κ3) is 3.90. The molecule has 2 heterocycles. The molecule has 1 aromatic carbocycles. The Labute approximate surface area is 171 Å². The van der Waals surface area contributed by atoms with E-state index in [9.17, 15) is 23.3 Å². The van der Waals surface area contributed by atoms with E-state index in [1.807, 2.05) is 6.92 Å². The predicted octanol–water partition coefficient (Wildman–Crippen LogP) is 3.07. The van der Waals surface area contributed by atoms with Crippen LogP contribution in [-0.4, -0.2) is 54.6 Å². The number of amides is 1. The minimum absolute atomic E-state index is 0.0990. The number of carbonyl (C=O) groups is 1. The Balaban J connectivity index is 1.77. The Morgan fingerprint density at radius 1 is 1.18 bits per heavy atom. The molecule has 0 radical (unpaired) electrons. The molecule has 0 unspecified atom stereocenters. The Bertz CT molecular complexity index is 1040. The van der Waals surface area contributed by atoms with Crippen molar-refractivity contribution in [1.82, 2.24) is 9.21 Å². The van der Waals surface area contributed by atoms with Crippen LogP contribution in [0.3, 0.4) is 0 Å². The normalized spacial score (nSPS) is 15.6. The number of aryl methyl sites for hydroxylation is 2. The van der Waals surface area contributed by atoms with Gasteiger partial charge in [0, 0.05) is 47.0 Å². The van der Waals surface area contributed by atoms with Crippen LogP contribution < -0.4 is 0 Å². The molecule has 1 saturated heterocycles. The van der Waals surface area contributed by atoms with Crippen molar-refractivity contribution in [3.63, 3.8) is 0 Å². The third-order valence-electron chi connectivity index (χ3n) is 4.52. The molecule has 1 aliphatic rings. The van der Waals surface area contributed by atoms with Crippen LogP contribution in [0.5, 0.6) is 0 Å². The number of sulfonamides is 1. The van der Waals surface area contributed by atoms with Gasteiger partial charge >= 0.3 is 0 Å². The number of halogens is 1. The number of hydrogen-bond donors (Lipinski definition) is 0. The molecule has 0 N–H and O–H groups in total. The van der Waals surface area contributed by atoms with E-state index in [0.717, 1.165) is 9.75 Å². The summed E-state index contributed by atoms with van der Waals surface area (Å²) in [6, 6.07) is 5.47.